The van der Waals surface area contributed by atoms with Crippen molar-refractivity contribution in [1.82, 2.24) is 0 Å². The van der Waals surface area contributed by atoms with Gasteiger partial charge in [0.15, 0.2) is 0 Å². The number of hydrogen-bond acceptors (Lipinski definition) is 1. The van der Waals surface area contributed by atoms with Gasteiger partial charge in [-0.2, -0.15) is 0 Å². The highest BCUT2D eigenvalue weighted by molar-refractivity contribution is 5.98. The van der Waals surface area contributed by atoms with Crippen LogP contribution in [0.25, 0.3) is 0 Å². The van der Waals surface area contributed by atoms with Gasteiger partial charge in [-0.05, 0) is 6.92 Å². The maximum atomic E-state index is 4.46. The van der Waals surface area contributed by atoms with Crippen LogP contribution in [0, 0.1) is 0 Å². The fourth-order valence-electron chi connectivity index (χ4n) is 1.37. The second-order valence-corrected chi connectivity index (χ2v) is 3.31. The first-order chi connectivity index (χ1) is 7.36. The molecule has 0 aliphatic carbocycles. The van der Waals surface area contributed by atoms with E-state index in [4.69, 9.17) is 0 Å². The number of hydrogen-bond donors (Lipinski definition) is 0. The van der Waals surface area contributed by atoms with E-state index in [2.05, 4.69) is 17.2 Å². The third-order valence-corrected chi connectivity index (χ3v) is 2.16. The molecule has 2 heteroatoms. The van der Waals surface area contributed by atoms with Crippen molar-refractivity contribution in [3.8, 4) is 0 Å². The van der Waals surface area contributed by atoms with Gasteiger partial charge >= 0.3 is 0 Å². The third kappa shape index (κ3) is 2.50. The van der Waals surface area contributed by atoms with E-state index >= 15 is 0 Å². The Bertz CT molecular complexity index is 446. The topological polar surface area (TPSA) is 16.2 Å². The van der Waals surface area contributed by atoms with Crippen LogP contribution >= 0.6 is 0 Å². The number of nitrogens with zero attached hydrogens (tertiary/aromatic N) is 2. The highest BCUT2D eigenvalue weighted by atomic mass is 15.3. The molecule has 0 bridgehead atoms. The van der Waals surface area contributed by atoms with Crippen molar-refractivity contribution >= 4 is 5.71 Å². The van der Waals surface area contributed by atoms with E-state index in [1.54, 1.807) is 0 Å². The average Bonchev–Trinajstić information content (AvgIpc) is 2.31. The van der Waals surface area contributed by atoms with Gasteiger partial charge in [0, 0.05) is 22.8 Å². The first kappa shape index (κ1) is 9.59. The van der Waals surface area contributed by atoms with Gasteiger partial charge in [-0.1, -0.05) is 41.1 Å². The van der Waals surface area contributed by atoms with Gasteiger partial charge in [-0.3, -0.25) is 0 Å². The van der Waals surface area contributed by atoms with Crippen LogP contribution in [0.15, 0.2) is 66.0 Å². The van der Waals surface area contributed by atoms with Crippen molar-refractivity contribution in [3.63, 3.8) is 0 Å². The predicted molar refractivity (Wildman–Crippen MR) is 60.7 cm³/mol. The zero-order valence-corrected chi connectivity index (χ0v) is 8.67. The van der Waals surface area contributed by atoms with Gasteiger partial charge in [-0.15, -0.1) is 0 Å². The SMILES string of the molecule is C/C(=N\[n+]1ccccc1)c1ccccc1. The highest BCUT2D eigenvalue weighted by Gasteiger charge is 2.00. The van der Waals surface area contributed by atoms with Crippen LogP contribution in [-0.4, -0.2) is 5.71 Å². The van der Waals surface area contributed by atoms with E-state index in [0.717, 1.165) is 11.3 Å². The molecule has 2 rings (SSSR count). The summed E-state index contributed by atoms with van der Waals surface area (Å²) in [6.07, 6.45) is 3.85. The number of benzene rings is 1. The minimum absolute atomic E-state index is 1.01. The maximum absolute atomic E-state index is 4.46. The van der Waals surface area contributed by atoms with E-state index in [0.29, 0.717) is 0 Å². The van der Waals surface area contributed by atoms with Crippen molar-refractivity contribution in [3.05, 3.63) is 66.5 Å². The normalized spacial score (nSPS) is 11.4. The molecule has 2 nitrogen and oxygen atoms in total. The van der Waals surface area contributed by atoms with Crippen molar-refractivity contribution in [1.29, 1.82) is 0 Å². The minimum Gasteiger partial charge on any atom is -0.0622 e. The molecule has 74 valence electrons. The Hall–Kier alpha value is -1.96. The number of rotatable bonds is 2. The maximum Gasteiger partial charge on any atom is 0.202 e. The predicted octanol–water partition coefficient (Wildman–Crippen LogP) is 2.25. The molecule has 0 N–H and O–H groups in total. The summed E-state index contributed by atoms with van der Waals surface area (Å²) in [5.74, 6) is 0. The molecule has 0 aliphatic heterocycles. The largest absolute Gasteiger partial charge is 0.202 e. The summed E-state index contributed by atoms with van der Waals surface area (Å²) in [4.78, 5) is 0. The van der Waals surface area contributed by atoms with Crippen molar-refractivity contribution in [2.75, 3.05) is 0 Å². The third-order valence-electron chi connectivity index (χ3n) is 2.16. The molecule has 0 fully saturated rings. The van der Waals surface area contributed by atoms with E-state index in [1.165, 1.54) is 0 Å². The summed E-state index contributed by atoms with van der Waals surface area (Å²) in [7, 11) is 0. The quantitative estimate of drug-likeness (QED) is 0.518. The summed E-state index contributed by atoms with van der Waals surface area (Å²) < 4.78 is 1.81. The van der Waals surface area contributed by atoms with Gasteiger partial charge < -0.3 is 0 Å². The Balaban J connectivity index is 2.29. The smallest absolute Gasteiger partial charge is 0.0622 e. The molecule has 1 aromatic carbocycles. The summed E-state index contributed by atoms with van der Waals surface area (Å²) in [6.45, 7) is 2.01. The fraction of sp³-hybridized carbons (Fsp3) is 0.0769. The summed E-state index contributed by atoms with van der Waals surface area (Å²) in [5, 5.41) is 4.46. The molecule has 1 aromatic heterocycles. The highest BCUT2D eigenvalue weighted by Crippen LogP contribution is 1.99. The van der Waals surface area contributed by atoms with Crippen molar-refractivity contribution in [2.24, 2.45) is 5.10 Å². The monoisotopic (exact) mass is 197 g/mol. The molecule has 2 aromatic rings. The van der Waals surface area contributed by atoms with E-state index in [9.17, 15) is 0 Å². The zero-order chi connectivity index (χ0) is 10.5. The number of aromatic nitrogens is 1. The number of pyridine rings is 1. The first-order valence-corrected chi connectivity index (χ1v) is 4.93. The van der Waals surface area contributed by atoms with Gasteiger partial charge in [-0.25, -0.2) is 0 Å². The molecule has 0 unspecified atom stereocenters. The second kappa shape index (κ2) is 4.51. The van der Waals surface area contributed by atoms with E-state index in [1.807, 2.05) is 60.4 Å². The molecule has 1 heterocycles. The Morgan fingerprint density at radius 3 is 2.20 bits per heavy atom. The summed E-state index contributed by atoms with van der Waals surface area (Å²) in [6, 6.07) is 16.1. The van der Waals surface area contributed by atoms with Crippen LogP contribution in [0.1, 0.15) is 12.5 Å². The van der Waals surface area contributed by atoms with Crippen LogP contribution in [0.3, 0.4) is 0 Å². The lowest BCUT2D eigenvalue weighted by Gasteiger charge is -1.95. The lowest BCUT2D eigenvalue weighted by Crippen LogP contribution is -2.27. The van der Waals surface area contributed by atoms with Crippen LogP contribution in [0.5, 0.6) is 0 Å². The lowest BCUT2D eigenvalue weighted by molar-refractivity contribution is -0.678. The summed E-state index contributed by atoms with van der Waals surface area (Å²) >= 11 is 0. The van der Waals surface area contributed by atoms with Crippen molar-refractivity contribution < 1.29 is 4.68 Å². The molecular formula is C13H13N2+. The Labute approximate surface area is 89.5 Å². The van der Waals surface area contributed by atoms with Crippen LogP contribution < -0.4 is 4.68 Å². The molecule has 0 saturated carbocycles. The molecule has 15 heavy (non-hydrogen) atoms. The Morgan fingerprint density at radius 2 is 1.53 bits per heavy atom. The Morgan fingerprint density at radius 1 is 0.933 bits per heavy atom. The minimum atomic E-state index is 1.01. The van der Waals surface area contributed by atoms with Crippen molar-refractivity contribution in [2.45, 2.75) is 6.92 Å². The second-order valence-electron chi connectivity index (χ2n) is 3.31. The summed E-state index contributed by atoms with van der Waals surface area (Å²) in [5.41, 5.74) is 2.15. The lowest BCUT2D eigenvalue weighted by atomic mass is 10.1. The van der Waals surface area contributed by atoms with Gasteiger partial charge in [0.25, 0.3) is 0 Å². The van der Waals surface area contributed by atoms with Crippen LogP contribution in [0.2, 0.25) is 0 Å². The molecular weight excluding hydrogens is 184 g/mol. The van der Waals surface area contributed by atoms with Gasteiger partial charge in [0.2, 0.25) is 12.4 Å². The average molecular weight is 197 g/mol. The first-order valence-electron chi connectivity index (χ1n) is 4.93. The molecule has 0 spiro atoms. The van der Waals surface area contributed by atoms with Gasteiger partial charge in [0.1, 0.15) is 5.71 Å². The fourth-order valence-corrected chi connectivity index (χ4v) is 1.37. The molecule has 0 atom stereocenters. The van der Waals surface area contributed by atoms with E-state index in [-0.39, 0.29) is 0 Å². The van der Waals surface area contributed by atoms with Crippen LogP contribution in [-0.2, 0) is 0 Å². The molecule has 0 saturated heterocycles. The van der Waals surface area contributed by atoms with Crippen LogP contribution in [0.4, 0.5) is 0 Å². The Kier molecular flexibility index (Phi) is 2.88. The molecule has 0 amide bonds. The standard InChI is InChI=1S/C13H13N2/c1-12(13-8-4-2-5-9-13)14-15-10-6-3-7-11-15/h2-11H,1H3/q+1/b14-12+. The van der Waals surface area contributed by atoms with E-state index < -0.39 is 0 Å². The molecule has 0 aliphatic rings. The zero-order valence-electron chi connectivity index (χ0n) is 8.67. The molecule has 0 radical (unpaired) electrons. The van der Waals surface area contributed by atoms with Gasteiger partial charge in [0.05, 0.1) is 0 Å².